The van der Waals surface area contributed by atoms with Crippen molar-refractivity contribution in [2.75, 3.05) is 7.11 Å². The molecule has 3 rings (SSSR count). The highest BCUT2D eigenvalue weighted by Gasteiger charge is 2.51. The number of carbonyl (C=O) groups is 1. The van der Waals surface area contributed by atoms with Gasteiger partial charge in [0.1, 0.15) is 5.75 Å². The number of ether oxygens (including phenoxy) is 1. The largest absolute Gasteiger partial charge is 0.497 e. The second-order valence-corrected chi connectivity index (χ2v) is 4.63. The maximum Gasteiger partial charge on any atom is 0.169 e. The Balaban J connectivity index is 2.05. The van der Waals surface area contributed by atoms with Crippen LogP contribution in [-0.2, 0) is 6.42 Å². The molecule has 2 nitrogen and oxygen atoms in total. The Kier molecular flexibility index (Phi) is 1.70. The van der Waals surface area contributed by atoms with Gasteiger partial charge in [0.05, 0.1) is 7.11 Å². The summed E-state index contributed by atoms with van der Waals surface area (Å²) in [5.41, 5.74) is 2.14. The zero-order valence-electron chi connectivity index (χ0n) is 8.88. The highest BCUT2D eigenvalue weighted by atomic mass is 16.5. The normalized spacial score (nSPS) is 21.3. The van der Waals surface area contributed by atoms with Crippen LogP contribution >= 0.6 is 0 Å². The molecule has 2 aliphatic carbocycles. The van der Waals surface area contributed by atoms with Crippen molar-refractivity contribution < 1.29 is 9.53 Å². The van der Waals surface area contributed by atoms with E-state index in [4.69, 9.17) is 4.74 Å². The quantitative estimate of drug-likeness (QED) is 0.699. The molecule has 0 unspecified atom stereocenters. The van der Waals surface area contributed by atoms with Crippen LogP contribution in [0.1, 0.15) is 35.2 Å². The van der Waals surface area contributed by atoms with Gasteiger partial charge in [-0.05, 0) is 49.4 Å². The molecule has 2 heteroatoms. The maximum absolute atomic E-state index is 12.2. The standard InChI is InChI=1S/C13H14O2/c1-15-10-2-3-11-9(8-10)4-5-13(6-7-13)12(11)14/h2-3,8H,4-7H2,1H3. The van der Waals surface area contributed by atoms with Crippen LogP contribution in [0.2, 0.25) is 0 Å². The van der Waals surface area contributed by atoms with Gasteiger partial charge in [-0.1, -0.05) is 0 Å². The fourth-order valence-electron chi connectivity index (χ4n) is 2.53. The lowest BCUT2D eigenvalue weighted by Crippen LogP contribution is -2.23. The molecule has 0 amide bonds. The van der Waals surface area contributed by atoms with Gasteiger partial charge in [-0.15, -0.1) is 0 Å². The fourth-order valence-corrected chi connectivity index (χ4v) is 2.53. The molecule has 0 saturated heterocycles. The van der Waals surface area contributed by atoms with Gasteiger partial charge in [-0.2, -0.15) is 0 Å². The summed E-state index contributed by atoms with van der Waals surface area (Å²) >= 11 is 0. The SMILES string of the molecule is COc1ccc2c(c1)CCC1(CC1)C2=O. The Bertz CT molecular complexity index is 430. The van der Waals surface area contributed by atoms with E-state index in [1.807, 2.05) is 18.2 Å². The molecular formula is C13H14O2. The molecule has 0 aromatic heterocycles. The summed E-state index contributed by atoms with van der Waals surface area (Å²) in [6, 6.07) is 5.82. The Morgan fingerprint density at radius 1 is 1.27 bits per heavy atom. The van der Waals surface area contributed by atoms with Gasteiger partial charge in [0.15, 0.2) is 5.78 Å². The molecule has 0 N–H and O–H groups in total. The van der Waals surface area contributed by atoms with Gasteiger partial charge in [-0.3, -0.25) is 4.79 Å². The summed E-state index contributed by atoms with van der Waals surface area (Å²) in [6.07, 6.45) is 4.25. The van der Waals surface area contributed by atoms with Gasteiger partial charge in [0.2, 0.25) is 0 Å². The first kappa shape index (κ1) is 8.96. The lowest BCUT2D eigenvalue weighted by molar-refractivity contribution is 0.0880. The molecule has 78 valence electrons. The number of methoxy groups -OCH3 is 1. The molecule has 0 radical (unpaired) electrons. The first-order valence-electron chi connectivity index (χ1n) is 5.47. The first-order valence-corrected chi connectivity index (χ1v) is 5.47. The average molecular weight is 202 g/mol. The van der Waals surface area contributed by atoms with Crippen LogP contribution in [0.25, 0.3) is 0 Å². The molecule has 2 aliphatic rings. The highest BCUT2D eigenvalue weighted by Crippen LogP contribution is 2.54. The van der Waals surface area contributed by atoms with Gasteiger partial charge < -0.3 is 4.74 Å². The summed E-state index contributed by atoms with van der Waals surface area (Å²) in [7, 11) is 1.66. The lowest BCUT2D eigenvalue weighted by atomic mass is 9.80. The molecule has 1 saturated carbocycles. The molecular weight excluding hydrogens is 188 g/mol. The molecule has 1 spiro atoms. The van der Waals surface area contributed by atoms with E-state index < -0.39 is 0 Å². The van der Waals surface area contributed by atoms with Crippen LogP contribution in [-0.4, -0.2) is 12.9 Å². The predicted octanol–water partition coefficient (Wildman–Crippen LogP) is 2.60. The number of carbonyl (C=O) groups excluding carboxylic acids is 1. The van der Waals surface area contributed by atoms with Crippen molar-refractivity contribution in [1.82, 2.24) is 0 Å². The van der Waals surface area contributed by atoms with Crippen molar-refractivity contribution in [2.24, 2.45) is 5.41 Å². The van der Waals surface area contributed by atoms with Crippen LogP contribution in [0.5, 0.6) is 5.75 Å². The van der Waals surface area contributed by atoms with E-state index in [1.54, 1.807) is 7.11 Å². The summed E-state index contributed by atoms with van der Waals surface area (Å²) in [6.45, 7) is 0. The van der Waals surface area contributed by atoms with Crippen molar-refractivity contribution in [3.05, 3.63) is 29.3 Å². The molecule has 1 aromatic carbocycles. The van der Waals surface area contributed by atoms with Crippen LogP contribution in [0, 0.1) is 5.41 Å². The lowest BCUT2D eigenvalue weighted by Gasteiger charge is -2.23. The van der Waals surface area contributed by atoms with Crippen molar-refractivity contribution in [1.29, 1.82) is 0 Å². The molecule has 0 aliphatic heterocycles. The number of ketones is 1. The number of rotatable bonds is 1. The number of benzene rings is 1. The molecule has 0 atom stereocenters. The third-order valence-electron chi connectivity index (χ3n) is 3.77. The van der Waals surface area contributed by atoms with Gasteiger partial charge in [0.25, 0.3) is 0 Å². The summed E-state index contributed by atoms with van der Waals surface area (Å²) < 4.78 is 5.17. The van der Waals surface area contributed by atoms with Gasteiger partial charge in [0, 0.05) is 11.0 Å². The van der Waals surface area contributed by atoms with Crippen molar-refractivity contribution >= 4 is 5.78 Å². The second kappa shape index (κ2) is 2.84. The Morgan fingerprint density at radius 3 is 2.73 bits per heavy atom. The van der Waals surface area contributed by atoms with Crippen molar-refractivity contribution in [3.8, 4) is 5.75 Å². The monoisotopic (exact) mass is 202 g/mol. The van der Waals surface area contributed by atoms with Crippen LogP contribution in [0.4, 0.5) is 0 Å². The second-order valence-electron chi connectivity index (χ2n) is 4.63. The average Bonchev–Trinajstić information content (AvgIpc) is 3.05. The Hall–Kier alpha value is -1.31. The number of hydrogen-bond acceptors (Lipinski definition) is 2. The third-order valence-corrected chi connectivity index (χ3v) is 3.77. The maximum atomic E-state index is 12.2. The summed E-state index contributed by atoms with van der Waals surface area (Å²) in [5, 5.41) is 0. The Morgan fingerprint density at radius 2 is 2.07 bits per heavy atom. The van der Waals surface area contributed by atoms with E-state index in [1.165, 1.54) is 0 Å². The summed E-state index contributed by atoms with van der Waals surface area (Å²) in [4.78, 5) is 12.2. The smallest absolute Gasteiger partial charge is 0.169 e. The number of aryl methyl sites for hydroxylation is 1. The predicted molar refractivity (Wildman–Crippen MR) is 57.3 cm³/mol. The van der Waals surface area contributed by atoms with Crippen molar-refractivity contribution in [3.63, 3.8) is 0 Å². The van der Waals surface area contributed by atoms with E-state index in [2.05, 4.69) is 0 Å². The molecule has 0 bridgehead atoms. The van der Waals surface area contributed by atoms with Crippen LogP contribution in [0.3, 0.4) is 0 Å². The van der Waals surface area contributed by atoms with Gasteiger partial charge >= 0.3 is 0 Å². The van der Waals surface area contributed by atoms with Crippen LogP contribution < -0.4 is 4.74 Å². The van der Waals surface area contributed by atoms with E-state index in [9.17, 15) is 4.79 Å². The highest BCUT2D eigenvalue weighted by molar-refractivity contribution is 6.04. The number of fused-ring (bicyclic) bond motifs is 1. The third kappa shape index (κ3) is 1.21. The zero-order valence-corrected chi connectivity index (χ0v) is 8.88. The molecule has 1 fully saturated rings. The van der Waals surface area contributed by atoms with Crippen LogP contribution in [0.15, 0.2) is 18.2 Å². The van der Waals surface area contributed by atoms with E-state index in [0.29, 0.717) is 5.78 Å². The summed E-state index contributed by atoms with van der Waals surface area (Å²) in [5.74, 6) is 1.22. The topological polar surface area (TPSA) is 26.3 Å². The minimum absolute atomic E-state index is 0.0432. The minimum atomic E-state index is 0.0432. The zero-order chi connectivity index (χ0) is 10.5. The minimum Gasteiger partial charge on any atom is -0.497 e. The molecule has 15 heavy (non-hydrogen) atoms. The van der Waals surface area contributed by atoms with E-state index in [-0.39, 0.29) is 5.41 Å². The Labute approximate surface area is 89.2 Å². The van der Waals surface area contributed by atoms with Gasteiger partial charge in [-0.25, -0.2) is 0 Å². The number of hydrogen-bond donors (Lipinski definition) is 0. The fraction of sp³-hybridized carbons (Fsp3) is 0.462. The van der Waals surface area contributed by atoms with Crippen molar-refractivity contribution in [2.45, 2.75) is 25.7 Å². The number of Topliss-reactive ketones (excluding diaryl/α,β-unsaturated/α-hetero) is 1. The first-order chi connectivity index (χ1) is 7.25. The molecule has 1 aromatic rings. The molecule has 0 heterocycles. The van der Waals surface area contributed by atoms with E-state index in [0.717, 1.165) is 42.6 Å². The van der Waals surface area contributed by atoms with E-state index >= 15 is 0 Å².